The summed E-state index contributed by atoms with van der Waals surface area (Å²) in [5.41, 5.74) is 5.91. The van der Waals surface area contributed by atoms with Crippen LogP contribution in [0.25, 0.3) is 11.3 Å². The van der Waals surface area contributed by atoms with Gasteiger partial charge in [0.15, 0.2) is 10.8 Å². The Bertz CT molecular complexity index is 1120. The number of nitrogens with two attached hydrogens (primary N) is 1. The number of thiocarbonyl (C=S) groups is 1. The normalized spacial score (nSPS) is 11.0. The first kappa shape index (κ1) is 18.4. The molecule has 3 aromatic rings. The van der Waals surface area contributed by atoms with Crippen molar-refractivity contribution in [2.24, 2.45) is 16.0 Å². The largest absolute Gasteiger partial charge is 0.374 e. The van der Waals surface area contributed by atoms with E-state index >= 15 is 0 Å². The number of nitrogens with zero attached hydrogens (tertiary/aromatic N) is 4. The molecule has 0 fully saturated rings. The van der Waals surface area contributed by atoms with E-state index in [0.29, 0.717) is 16.3 Å². The number of aromatic amines is 1. The smallest absolute Gasteiger partial charge is 0.301 e. The number of nitro benzene ring substituents is 1. The van der Waals surface area contributed by atoms with Gasteiger partial charge < -0.3 is 5.73 Å². The van der Waals surface area contributed by atoms with Gasteiger partial charge in [-0.3, -0.25) is 20.0 Å². The van der Waals surface area contributed by atoms with Gasteiger partial charge in [0.1, 0.15) is 5.69 Å². The Labute approximate surface area is 162 Å². The lowest BCUT2D eigenvalue weighted by Crippen LogP contribution is -2.29. The first-order valence-corrected chi connectivity index (χ1v) is 8.23. The van der Waals surface area contributed by atoms with E-state index in [1.165, 1.54) is 24.3 Å². The topological polar surface area (TPSA) is 132 Å². The summed E-state index contributed by atoms with van der Waals surface area (Å²) in [5.74, 6) is 0. The van der Waals surface area contributed by atoms with Crippen molar-refractivity contribution in [3.05, 3.63) is 74.0 Å². The zero-order chi connectivity index (χ0) is 19.6. The van der Waals surface area contributed by atoms with Crippen molar-refractivity contribution in [2.45, 2.75) is 0 Å². The molecule has 0 bridgehead atoms. The fourth-order valence-corrected chi connectivity index (χ4v) is 2.57. The maximum atomic E-state index is 12.6. The van der Waals surface area contributed by atoms with Gasteiger partial charge in [-0.15, -0.1) is 10.2 Å². The minimum Gasteiger partial charge on any atom is -0.374 e. The number of H-pyrrole nitrogens is 1. The standard InChI is InChI=1S/C16H11ClN6O3S/c17-11-3-1-2-4-12(11)19-20-14-13(21-22(15(14)24)16(18)27)9-5-7-10(8-6-9)23(25)26/h1-8,21H,(H2,18,27). The summed E-state index contributed by atoms with van der Waals surface area (Å²) < 4.78 is 0.938. The number of hydrogen-bond donors (Lipinski definition) is 2. The van der Waals surface area contributed by atoms with Gasteiger partial charge in [0.2, 0.25) is 0 Å². The molecule has 11 heteroatoms. The number of nitrogens with one attached hydrogen (secondary N) is 1. The lowest BCUT2D eigenvalue weighted by atomic mass is 10.1. The van der Waals surface area contributed by atoms with E-state index in [0.717, 1.165) is 4.68 Å². The van der Waals surface area contributed by atoms with Crippen LogP contribution in [-0.4, -0.2) is 19.8 Å². The second-order valence-electron chi connectivity index (χ2n) is 5.27. The van der Waals surface area contributed by atoms with E-state index in [-0.39, 0.29) is 22.2 Å². The molecule has 9 nitrogen and oxygen atoms in total. The Morgan fingerprint density at radius 1 is 1.19 bits per heavy atom. The zero-order valence-electron chi connectivity index (χ0n) is 13.5. The van der Waals surface area contributed by atoms with Crippen molar-refractivity contribution in [1.29, 1.82) is 0 Å². The maximum Gasteiger partial charge on any atom is 0.301 e. The zero-order valence-corrected chi connectivity index (χ0v) is 15.1. The summed E-state index contributed by atoms with van der Waals surface area (Å²) >= 11 is 10.9. The average molecular weight is 403 g/mol. The van der Waals surface area contributed by atoms with Crippen molar-refractivity contribution in [3.8, 4) is 11.3 Å². The van der Waals surface area contributed by atoms with Crippen LogP contribution < -0.4 is 11.3 Å². The molecule has 136 valence electrons. The Morgan fingerprint density at radius 2 is 1.85 bits per heavy atom. The monoisotopic (exact) mass is 402 g/mol. The van der Waals surface area contributed by atoms with Crippen molar-refractivity contribution in [2.75, 3.05) is 0 Å². The molecule has 0 saturated heterocycles. The van der Waals surface area contributed by atoms with Gasteiger partial charge >= 0.3 is 5.56 Å². The third kappa shape index (κ3) is 3.76. The van der Waals surface area contributed by atoms with Gasteiger partial charge in [-0.2, -0.15) is 4.68 Å². The molecule has 1 heterocycles. The molecule has 0 aliphatic rings. The minimum atomic E-state index is -0.605. The molecule has 3 N–H and O–H groups in total. The molecule has 1 aromatic heterocycles. The lowest BCUT2D eigenvalue weighted by molar-refractivity contribution is -0.384. The van der Waals surface area contributed by atoms with Crippen LogP contribution in [0.2, 0.25) is 5.02 Å². The number of hydrogen-bond acceptors (Lipinski definition) is 6. The second kappa shape index (κ2) is 7.48. The molecule has 0 aliphatic carbocycles. The molecule has 0 radical (unpaired) electrons. The van der Waals surface area contributed by atoms with Crippen molar-refractivity contribution < 1.29 is 4.92 Å². The number of halogens is 1. The van der Waals surface area contributed by atoms with Gasteiger partial charge in [-0.25, -0.2) is 0 Å². The molecule has 3 rings (SSSR count). The van der Waals surface area contributed by atoms with Crippen molar-refractivity contribution in [1.82, 2.24) is 9.78 Å². The van der Waals surface area contributed by atoms with Crippen molar-refractivity contribution >= 4 is 46.0 Å². The van der Waals surface area contributed by atoms with Gasteiger partial charge in [0.25, 0.3) is 5.69 Å². The third-order valence-electron chi connectivity index (χ3n) is 3.56. The summed E-state index contributed by atoms with van der Waals surface area (Å²) in [6, 6.07) is 12.3. The molecule has 0 saturated carbocycles. The highest BCUT2D eigenvalue weighted by Crippen LogP contribution is 2.30. The second-order valence-corrected chi connectivity index (χ2v) is 6.10. The maximum absolute atomic E-state index is 12.6. The third-order valence-corrected chi connectivity index (χ3v) is 4.07. The van der Waals surface area contributed by atoms with Gasteiger partial charge in [0.05, 0.1) is 15.6 Å². The molecule has 0 atom stereocenters. The van der Waals surface area contributed by atoms with E-state index < -0.39 is 10.5 Å². The molecular formula is C16H11ClN6O3S. The van der Waals surface area contributed by atoms with Crippen LogP contribution in [0, 0.1) is 10.1 Å². The minimum absolute atomic E-state index is 0.0587. The highest BCUT2D eigenvalue weighted by Gasteiger charge is 2.18. The van der Waals surface area contributed by atoms with Gasteiger partial charge in [-0.1, -0.05) is 23.7 Å². The van der Waals surface area contributed by atoms with Crippen LogP contribution in [0.15, 0.2) is 63.6 Å². The molecule has 0 spiro atoms. The average Bonchev–Trinajstić information content (AvgIpc) is 2.98. The number of non-ortho nitro benzene ring substituents is 1. The number of azo groups is 1. The summed E-state index contributed by atoms with van der Waals surface area (Å²) in [7, 11) is 0. The molecule has 0 aliphatic heterocycles. The van der Waals surface area contributed by atoms with E-state index in [1.54, 1.807) is 24.3 Å². The SMILES string of the molecule is NC(=S)n1[nH]c(-c2ccc([N+](=O)[O-])cc2)c(N=Nc2ccccc2Cl)c1=O. The quantitative estimate of drug-likeness (QED) is 0.295. The summed E-state index contributed by atoms with van der Waals surface area (Å²) in [6.45, 7) is 0. The fraction of sp³-hybridized carbons (Fsp3) is 0. The van der Waals surface area contributed by atoms with Crippen molar-refractivity contribution in [3.63, 3.8) is 0 Å². The van der Waals surface area contributed by atoms with E-state index in [9.17, 15) is 14.9 Å². The van der Waals surface area contributed by atoms with Crippen LogP contribution in [-0.2, 0) is 0 Å². The molecule has 0 unspecified atom stereocenters. The molecule has 2 aromatic carbocycles. The number of benzene rings is 2. The van der Waals surface area contributed by atoms with Crippen LogP contribution in [0.3, 0.4) is 0 Å². The van der Waals surface area contributed by atoms with E-state index in [4.69, 9.17) is 29.6 Å². The molecular weight excluding hydrogens is 392 g/mol. The molecule has 0 amide bonds. The predicted molar refractivity (Wildman–Crippen MR) is 105 cm³/mol. The molecule has 27 heavy (non-hydrogen) atoms. The Kier molecular flexibility index (Phi) is 5.10. The van der Waals surface area contributed by atoms with Crippen LogP contribution in [0.1, 0.15) is 0 Å². The number of rotatable bonds is 4. The van der Waals surface area contributed by atoms with Crippen LogP contribution in [0.4, 0.5) is 17.1 Å². The Morgan fingerprint density at radius 3 is 2.44 bits per heavy atom. The number of aromatic nitrogens is 2. The highest BCUT2D eigenvalue weighted by molar-refractivity contribution is 7.80. The number of nitro groups is 1. The van der Waals surface area contributed by atoms with Crippen LogP contribution >= 0.6 is 23.8 Å². The van der Waals surface area contributed by atoms with Crippen LogP contribution in [0.5, 0.6) is 0 Å². The first-order valence-electron chi connectivity index (χ1n) is 7.44. The predicted octanol–water partition coefficient (Wildman–Crippen LogP) is 3.91. The lowest BCUT2D eigenvalue weighted by Gasteiger charge is -2.00. The Hall–Kier alpha value is -3.37. The summed E-state index contributed by atoms with van der Waals surface area (Å²) in [4.78, 5) is 22.9. The summed E-state index contributed by atoms with van der Waals surface area (Å²) in [5, 5.41) is 21.7. The van der Waals surface area contributed by atoms with E-state index in [2.05, 4.69) is 15.3 Å². The Balaban J connectivity index is 2.12. The highest BCUT2D eigenvalue weighted by atomic mass is 35.5. The first-order chi connectivity index (χ1) is 12.9. The summed E-state index contributed by atoms with van der Waals surface area (Å²) in [6.07, 6.45) is 0. The van der Waals surface area contributed by atoms with Gasteiger partial charge in [0, 0.05) is 17.7 Å². The van der Waals surface area contributed by atoms with Gasteiger partial charge in [-0.05, 0) is 36.5 Å². The fourth-order valence-electron chi connectivity index (χ4n) is 2.26. The van der Waals surface area contributed by atoms with E-state index in [1.807, 2.05) is 0 Å².